The van der Waals surface area contributed by atoms with Gasteiger partial charge in [0.2, 0.25) is 0 Å². The maximum absolute atomic E-state index is 8.99. The van der Waals surface area contributed by atoms with E-state index in [1.54, 1.807) is 0 Å². The second-order valence-corrected chi connectivity index (χ2v) is 3.13. The van der Waals surface area contributed by atoms with Gasteiger partial charge in [0.1, 0.15) is 0 Å². The van der Waals surface area contributed by atoms with Crippen LogP contribution in [-0.4, -0.2) is 5.11 Å². The van der Waals surface area contributed by atoms with Crippen LogP contribution in [0.3, 0.4) is 0 Å². The van der Waals surface area contributed by atoms with Crippen LogP contribution < -0.4 is 0 Å². The topological polar surface area (TPSA) is 20.2 Å². The van der Waals surface area contributed by atoms with Crippen molar-refractivity contribution in [2.24, 2.45) is 0 Å². The van der Waals surface area contributed by atoms with Crippen molar-refractivity contribution in [2.45, 2.75) is 6.61 Å². The normalized spacial score (nSPS) is 10.6. The molecule has 0 aliphatic rings. The Morgan fingerprint density at radius 1 is 1.15 bits per heavy atom. The molecule has 2 rings (SSSR count). The molecule has 0 spiro atoms. The smallest absolute Gasteiger partial charge is 0.0682 e. The summed E-state index contributed by atoms with van der Waals surface area (Å²) < 4.78 is 0. The van der Waals surface area contributed by atoms with E-state index in [0.29, 0.717) is 0 Å². The van der Waals surface area contributed by atoms with Gasteiger partial charge in [0.05, 0.1) is 6.61 Å². The molecule has 0 aromatic heterocycles. The molecule has 1 radical (unpaired) electrons. The fraction of sp³-hybridized carbons (Fsp3) is 0.0833. The van der Waals surface area contributed by atoms with Crippen molar-refractivity contribution < 1.29 is 5.11 Å². The lowest BCUT2D eigenvalue weighted by Gasteiger charge is -2.04. The molecule has 65 valence electrons. The second kappa shape index (κ2) is 3.19. The fourth-order valence-electron chi connectivity index (χ4n) is 1.55. The van der Waals surface area contributed by atoms with Crippen molar-refractivity contribution in [1.82, 2.24) is 0 Å². The van der Waals surface area contributed by atoms with Crippen LogP contribution in [0.15, 0.2) is 36.4 Å². The van der Waals surface area contributed by atoms with Gasteiger partial charge in [-0.1, -0.05) is 30.3 Å². The average Bonchev–Trinajstić information content (AvgIpc) is 2.18. The predicted molar refractivity (Wildman–Crippen MR) is 54.3 cm³/mol. The first kappa shape index (κ1) is 8.27. The summed E-state index contributed by atoms with van der Waals surface area (Å²) >= 11 is 0. The van der Waals surface area contributed by atoms with Crippen LogP contribution in [0, 0.1) is 6.92 Å². The highest BCUT2D eigenvalue weighted by atomic mass is 16.3. The zero-order chi connectivity index (χ0) is 9.26. The molecule has 0 aliphatic heterocycles. The maximum Gasteiger partial charge on any atom is 0.0682 e. The Labute approximate surface area is 77.6 Å². The summed E-state index contributed by atoms with van der Waals surface area (Å²) in [5.74, 6) is 0. The van der Waals surface area contributed by atoms with Gasteiger partial charge < -0.3 is 5.11 Å². The van der Waals surface area contributed by atoms with Gasteiger partial charge >= 0.3 is 0 Å². The molecule has 0 unspecified atom stereocenters. The van der Waals surface area contributed by atoms with E-state index in [9.17, 15) is 0 Å². The van der Waals surface area contributed by atoms with E-state index in [0.717, 1.165) is 21.9 Å². The maximum atomic E-state index is 8.99. The molecule has 1 heteroatoms. The van der Waals surface area contributed by atoms with Crippen LogP contribution in [-0.2, 0) is 6.61 Å². The molecule has 1 nitrogen and oxygen atoms in total. The van der Waals surface area contributed by atoms with E-state index >= 15 is 0 Å². The monoisotopic (exact) mass is 171 g/mol. The van der Waals surface area contributed by atoms with Gasteiger partial charge in [-0.05, 0) is 34.9 Å². The molecule has 0 bridgehead atoms. The lowest BCUT2D eigenvalue weighted by molar-refractivity contribution is 0.282. The lowest BCUT2D eigenvalue weighted by Crippen LogP contribution is -1.86. The molecular formula is C12H11O. The largest absolute Gasteiger partial charge is 0.392 e. The van der Waals surface area contributed by atoms with Crippen LogP contribution in [0.1, 0.15) is 11.1 Å². The van der Waals surface area contributed by atoms with Crippen LogP contribution in [0.2, 0.25) is 0 Å². The number of rotatable bonds is 1. The van der Waals surface area contributed by atoms with Crippen molar-refractivity contribution >= 4 is 10.8 Å². The summed E-state index contributed by atoms with van der Waals surface area (Å²) in [6, 6.07) is 12.0. The van der Waals surface area contributed by atoms with E-state index in [1.165, 1.54) is 0 Å². The van der Waals surface area contributed by atoms with Gasteiger partial charge in [0, 0.05) is 0 Å². The lowest BCUT2D eigenvalue weighted by atomic mass is 10.0. The van der Waals surface area contributed by atoms with Crippen molar-refractivity contribution in [3.8, 4) is 0 Å². The number of benzene rings is 2. The van der Waals surface area contributed by atoms with E-state index in [2.05, 4.69) is 6.92 Å². The molecule has 2 aromatic rings. The first-order valence-corrected chi connectivity index (χ1v) is 4.26. The highest BCUT2D eigenvalue weighted by Crippen LogP contribution is 2.20. The quantitative estimate of drug-likeness (QED) is 0.699. The molecule has 2 aromatic carbocycles. The summed E-state index contributed by atoms with van der Waals surface area (Å²) in [6.45, 7) is 4.02. The van der Waals surface area contributed by atoms with Gasteiger partial charge in [-0.3, -0.25) is 0 Å². The number of aliphatic hydroxyl groups is 1. The Morgan fingerprint density at radius 3 is 2.69 bits per heavy atom. The number of fused-ring (bicyclic) bond motifs is 1. The van der Waals surface area contributed by atoms with E-state index in [4.69, 9.17) is 5.11 Å². The third-order valence-corrected chi connectivity index (χ3v) is 2.19. The first-order valence-electron chi connectivity index (χ1n) is 4.26. The summed E-state index contributed by atoms with van der Waals surface area (Å²) in [7, 11) is 0. The third kappa shape index (κ3) is 1.43. The summed E-state index contributed by atoms with van der Waals surface area (Å²) in [5.41, 5.74) is 1.89. The Morgan fingerprint density at radius 2 is 1.92 bits per heavy atom. The number of hydrogen-bond acceptors (Lipinski definition) is 1. The molecule has 0 heterocycles. The average molecular weight is 171 g/mol. The van der Waals surface area contributed by atoms with Gasteiger partial charge in [0.25, 0.3) is 0 Å². The Kier molecular flexibility index (Phi) is 2.03. The van der Waals surface area contributed by atoms with Crippen molar-refractivity contribution in [2.75, 3.05) is 0 Å². The number of hydrogen-bond donors (Lipinski definition) is 1. The molecule has 0 fully saturated rings. The Hall–Kier alpha value is -1.34. The zero-order valence-corrected chi connectivity index (χ0v) is 7.33. The van der Waals surface area contributed by atoms with Gasteiger partial charge in [-0.15, -0.1) is 0 Å². The minimum Gasteiger partial charge on any atom is -0.392 e. The predicted octanol–water partition coefficient (Wildman–Crippen LogP) is 2.51. The van der Waals surface area contributed by atoms with Crippen LogP contribution in [0.4, 0.5) is 0 Å². The molecule has 0 amide bonds. The summed E-state index contributed by atoms with van der Waals surface area (Å²) in [4.78, 5) is 0. The molecule has 0 saturated carbocycles. The number of aliphatic hydroxyl groups excluding tert-OH is 1. The molecule has 13 heavy (non-hydrogen) atoms. The molecule has 0 saturated heterocycles. The van der Waals surface area contributed by atoms with Crippen molar-refractivity contribution in [3.63, 3.8) is 0 Å². The standard InChI is InChI=1S/C12H11O/c1-9-6-10(8-13)7-11-4-2-3-5-12(9)11/h2-7,13H,1,8H2. The Bertz CT molecular complexity index is 432. The zero-order valence-electron chi connectivity index (χ0n) is 7.33. The molecular weight excluding hydrogens is 160 g/mol. The molecule has 0 aliphatic carbocycles. The highest BCUT2D eigenvalue weighted by molar-refractivity contribution is 5.86. The Balaban J connectivity index is 2.77. The summed E-state index contributed by atoms with van der Waals surface area (Å²) in [6.07, 6.45) is 0. The minimum atomic E-state index is 0.0767. The van der Waals surface area contributed by atoms with Gasteiger partial charge in [0.15, 0.2) is 0 Å². The first-order chi connectivity index (χ1) is 6.31. The SMILES string of the molecule is [CH2]c1cc(CO)cc2ccccc12. The van der Waals surface area contributed by atoms with E-state index in [1.807, 2.05) is 36.4 Å². The van der Waals surface area contributed by atoms with Crippen LogP contribution in [0.5, 0.6) is 0 Å². The highest BCUT2D eigenvalue weighted by Gasteiger charge is 1.98. The fourth-order valence-corrected chi connectivity index (χ4v) is 1.55. The minimum absolute atomic E-state index is 0.0767. The van der Waals surface area contributed by atoms with Crippen LogP contribution >= 0.6 is 0 Å². The van der Waals surface area contributed by atoms with Crippen LogP contribution in [0.25, 0.3) is 10.8 Å². The van der Waals surface area contributed by atoms with E-state index in [-0.39, 0.29) is 6.61 Å². The van der Waals surface area contributed by atoms with Gasteiger partial charge in [-0.2, -0.15) is 0 Å². The molecule has 0 atom stereocenters. The molecule has 1 N–H and O–H groups in total. The summed E-state index contributed by atoms with van der Waals surface area (Å²) in [5, 5.41) is 11.3. The second-order valence-electron chi connectivity index (χ2n) is 3.13. The van der Waals surface area contributed by atoms with Gasteiger partial charge in [-0.25, -0.2) is 0 Å². The van der Waals surface area contributed by atoms with Crippen molar-refractivity contribution in [3.05, 3.63) is 54.4 Å². The van der Waals surface area contributed by atoms with Crippen molar-refractivity contribution in [1.29, 1.82) is 0 Å². The van der Waals surface area contributed by atoms with E-state index < -0.39 is 0 Å². The third-order valence-electron chi connectivity index (χ3n) is 2.19.